The summed E-state index contributed by atoms with van der Waals surface area (Å²) in [5, 5.41) is 10.4. The Balaban J connectivity index is 1.98. The summed E-state index contributed by atoms with van der Waals surface area (Å²) in [4.78, 5) is 2.36. The molecule has 84 valence electrons. The summed E-state index contributed by atoms with van der Waals surface area (Å²) in [5.41, 5.74) is 5.60. The van der Waals surface area contributed by atoms with Crippen LogP contribution in [0.1, 0.15) is 24.3 Å². The summed E-state index contributed by atoms with van der Waals surface area (Å²) in [6.45, 7) is 5.03. The first-order valence-corrected chi connectivity index (χ1v) is 6.36. The second-order valence-electron chi connectivity index (χ2n) is 4.14. The van der Waals surface area contributed by atoms with E-state index in [1.165, 1.54) is 12.8 Å². The third-order valence-corrected chi connectivity index (χ3v) is 3.78. The SMILES string of the molecule is Cc1nnc(N2CCCC(CCN)C2)s1. The summed E-state index contributed by atoms with van der Waals surface area (Å²) in [6, 6.07) is 0. The highest BCUT2D eigenvalue weighted by Gasteiger charge is 2.21. The Bertz CT molecular complexity index is 310. The molecule has 0 amide bonds. The van der Waals surface area contributed by atoms with Gasteiger partial charge in [0.2, 0.25) is 5.13 Å². The van der Waals surface area contributed by atoms with Crippen molar-refractivity contribution in [2.24, 2.45) is 11.7 Å². The van der Waals surface area contributed by atoms with E-state index >= 15 is 0 Å². The highest BCUT2D eigenvalue weighted by molar-refractivity contribution is 7.15. The van der Waals surface area contributed by atoms with Gasteiger partial charge in [0.25, 0.3) is 0 Å². The number of nitrogens with two attached hydrogens (primary N) is 1. The quantitative estimate of drug-likeness (QED) is 0.846. The van der Waals surface area contributed by atoms with Crippen molar-refractivity contribution in [1.82, 2.24) is 10.2 Å². The fraction of sp³-hybridized carbons (Fsp3) is 0.800. The summed E-state index contributed by atoms with van der Waals surface area (Å²) < 4.78 is 0. The second-order valence-corrected chi connectivity index (χ2v) is 5.30. The van der Waals surface area contributed by atoms with Crippen LogP contribution in [0.5, 0.6) is 0 Å². The molecule has 1 fully saturated rings. The van der Waals surface area contributed by atoms with E-state index in [9.17, 15) is 0 Å². The maximum atomic E-state index is 5.60. The van der Waals surface area contributed by atoms with Gasteiger partial charge in [0.1, 0.15) is 5.01 Å². The van der Waals surface area contributed by atoms with Crippen molar-refractivity contribution in [3.8, 4) is 0 Å². The third-order valence-electron chi connectivity index (χ3n) is 2.88. The minimum Gasteiger partial charge on any atom is -0.346 e. The molecule has 0 aliphatic carbocycles. The van der Waals surface area contributed by atoms with Crippen molar-refractivity contribution >= 4 is 16.5 Å². The van der Waals surface area contributed by atoms with Crippen LogP contribution in [0, 0.1) is 12.8 Å². The molecular weight excluding hydrogens is 208 g/mol. The molecule has 0 bridgehead atoms. The lowest BCUT2D eigenvalue weighted by molar-refractivity contribution is 0.395. The lowest BCUT2D eigenvalue weighted by Gasteiger charge is -2.31. The predicted molar refractivity (Wildman–Crippen MR) is 63.3 cm³/mol. The van der Waals surface area contributed by atoms with E-state index in [4.69, 9.17) is 5.73 Å². The van der Waals surface area contributed by atoms with Crippen LogP contribution < -0.4 is 10.6 Å². The Hall–Kier alpha value is -0.680. The highest BCUT2D eigenvalue weighted by atomic mass is 32.1. The first-order valence-electron chi connectivity index (χ1n) is 5.54. The Labute approximate surface area is 94.5 Å². The molecule has 0 spiro atoms. The zero-order valence-electron chi connectivity index (χ0n) is 9.15. The van der Waals surface area contributed by atoms with Crippen LogP contribution in [0.3, 0.4) is 0 Å². The van der Waals surface area contributed by atoms with Gasteiger partial charge in [-0.05, 0) is 38.6 Å². The first kappa shape index (κ1) is 10.8. The van der Waals surface area contributed by atoms with Crippen LogP contribution in [-0.4, -0.2) is 29.8 Å². The van der Waals surface area contributed by atoms with Crippen molar-refractivity contribution in [2.45, 2.75) is 26.2 Å². The molecule has 5 heteroatoms. The van der Waals surface area contributed by atoms with Gasteiger partial charge in [0.15, 0.2) is 0 Å². The number of piperidine rings is 1. The topological polar surface area (TPSA) is 55.0 Å². The fourth-order valence-corrected chi connectivity index (χ4v) is 2.85. The van der Waals surface area contributed by atoms with Crippen LogP contribution in [0.4, 0.5) is 5.13 Å². The van der Waals surface area contributed by atoms with Gasteiger partial charge in [-0.2, -0.15) is 0 Å². The zero-order valence-corrected chi connectivity index (χ0v) is 9.96. The van der Waals surface area contributed by atoms with Crippen molar-refractivity contribution in [2.75, 3.05) is 24.5 Å². The highest BCUT2D eigenvalue weighted by Crippen LogP contribution is 2.26. The maximum absolute atomic E-state index is 5.60. The van der Waals surface area contributed by atoms with Crippen LogP contribution in [0.2, 0.25) is 0 Å². The van der Waals surface area contributed by atoms with Gasteiger partial charge in [-0.3, -0.25) is 0 Å². The molecule has 2 heterocycles. The standard InChI is InChI=1S/C10H18N4S/c1-8-12-13-10(15-8)14-6-2-3-9(7-14)4-5-11/h9H,2-7,11H2,1H3. The maximum Gasteiger partial charge on any atom is 0.208 e. The molecule has 1 aliphatic rings. The smallest absolute Gasteiger partial charge is 0.208 e. The number of aromatic nitrogens is 2. The van der Waals surface area contributed by atoms with Crippen LogP contribution in [0.15, 0.2) is 0 Å². The molecule has 15 heavy (non-hydrogen) atoms. The van der Waals surface area contributed by atoms with E-state index in [1.54, 1.807) is 11.3 Å². The van der Waals surface area contributed by atoms with Gasteiger partial charge in [-0.15, -0.1) is 10.2 Å². The summed E-state index contributed by atoms with van der Waals surface area (Å²) in [5.74, 6) is 0.743. The summed E-state index contributed by atoms with van der Waals surface area (Å²) in [6.07, 6.45) is 3.70. The molecule has 2 rings (SSSR count). The Morgan fingerprint density at radius 2 is 2.40 bits per heavy atom. The average Bonchev–Trinajstić information content (AvgIpc) is 2.66. The van der Waals surface area contributed by atoms with Crippen molar-refractivity contribution in [3.05, 3.63) is 5.01 Å². The molecule has 0 saturated carbocycles. The van der Waals surface area contributed by atoms with Gasteiger partial charge in [-0.25, -0.2) is 0 Å². The van der Waals surface area contributed by atoms with E-state index in [0.717, 1.165) is 42.1 Å². The fourth-order valence-electron chi connectivity index (χ4n) is 2.12. The lowest BCUT2D eigenvalue weighted by Crippen LogP contribution is -2.36. The van der Waals surface area contributed by atoms with E-state index in [-0.39, 0.29) is 0 Å². The molecular formula is C10H18N4S. The minimum absolute atomic E-state index is 0.743. The number of nitrogens with zero attached hydrogens (tertiary/aromatic N) is 3. The monoisotopic (exact) mass is 226 g/mol. The van der Waals surface area contributed by atoms with Crippen LogP contribution >= 0.6 is 11.3 Å². The van der Waals surface area contributed by atoms with E-state index in [0.29, 0.717) is 0 Å². The third kappa shape index (κ3) is 2.66. The van der Waals surface area contributed by atoms with Gasteiger partial charge >= 0.3 is 0 Å². The minimum atomic E-state index is 0.743. The molecule has 0 aromatic carbocycles. The van der Waals surface area contributed by atoms with Gasteiger partial charge in [-0.1, -0.05) is 11.3 Å². The Kier molecular flexibility index (Phi) is 3.53. The number of aryl methyl sites for hydroxylation is 1. The largest absolute Gasteiger partial charge is 0.346 e. The first-order chi connectivity index (χ1) is 7.29. The molecule has 1 unspecified atom stereocenters. The van der Waals surface area contributed by atoms with Crippen LogP contribution in [0.25, 0.3) is 0 Å². The van der Waals surface area contributed by atoms with Gasteiger partial charge in [0.05, 0.1) is 0 Å². The van der Waals surface area contributed by atoms with Crippen molar-refractivity contribution in [3.63, 3.8) is 0 Å². The van der Waals surface area contributed by atoms with E-state index in [1.807, 2.05) is 6.92 Å². The molecule has 2 N–H and O–H groups in total. The second kappa shape index (κ2) is 4.90. The normalized spacial score (nSPS) is 22.0. The molecule has 1 aromatic heterocycles. The zero-order chi connectivity index (χ0) is 10.7. The van der Waals surface area contributed by atoms with Crippen LogP contribution in [-0.2, 0) is 0 Å². The molecule has 1 aliphatic heterocycles. The molecule has 1 saturated heterocycles. The van der Waals surface area contributed by atoms with Gasteiger partial charge < -0.3 is 10.6 Å². The Morgan fingerprint density at radius 1 is 1.53 bits per heavy atom. The van der Waals surface area contributed by atoms with Crippen molar-refractivity contribution in [1.29, 1.82) is 0 Å². The average molecular weight is 226 g/mol. The molecule has 1 atom stereocenters. The molecule has 1 aromatic rings. The molecule has 0 radical (unpaired) electrons. The number of hydrogen-bond donors (Lipinski definition) is 1. The Morgan fingerprint density at radius 3 is 3.07 bits per heavy atom. The number of hydrogen-bond acceptors (Lipinski definition) is 5. The lowest BCUT2D eigenvalue weighted by atomic mass is 9.95. The molecule has 4 nitrogen and oxygen atoms in total. The van der Waals surface area contributed by atoms with Gasteiger partial charge in [0, 0.05) is 13.1 Å². The number of anilines is 1. The summed E-state index contributed by atoms with van der Waals surface area (Å²) in [7, 11) is 0. The predicted octanol–water partition coefficient (Wildman–Crippen LogP) is 1.41. The summed E-state index contributed by atoms with van der Waals surface area (Å²) >= 11 is 1.69. The number of rotatable bonds is 3. The van der Waals surface area contributed by atoms with E-state index < -0.39 is 0 Å². The van der Waals surface area contributed by atoms with Crippen molar-refractivity contribution < 1.29 is 0 Å². The van der Waals surface area contributed by atoms with E-state index in [2.05, 4.69) is 15.1 Å².